The molecule has 0 fully saturated rings. The Morgan fingerprint density at radius 3 is 1.75 bits per heavy atom. The van der Waals surface area contributed by atoms with Crippen molar-refractivity contribution in [3.05, 3.63) is 144 Å². The van der Waals surface area contributed by atoms with Gasteiger partial charge in [0.25, 0.3) is 0 Å². The molecule has 0 unspecified atom stereocenters. The molecule has 0 saturated heterocycles. The number of aromatic hydroxyl groups is 1. The zero-order valence-electron chi connectivity index (χ0n) is 21.5. The molecule has 0 saturated carbocycles. The topological polar surface area (TPSA) is 71.0 Å². The standard InChI is InChI=1S/C36H23N3O/c37-23-34-31-10-4-5-11-32(31)36-26(7-6-12-33(36)35(34)24-38)16-13-25-14-17-28(18-15-25)39(27-8-2-1-3-9-27)29-19-21-30(40)22-20-29/h1-22,40H. The summed E-state index contributed by atoms with van der Waals surface area (Å²) >= 11 is 0. The van der Waals surface area contributed by atoms with Gasteiger partial charge < -0.3 is 10.0 Å². The lowest BCUT2D eigenvalue weighted by atomic mass is 9.90. The average molecular weight is 514 g/mol. The Hall–Kier alpha value is -5.84. The van der Waals surface area contributed by atoms with Crippen LogP contribution in [0.15, 0.2) is 121 Å². The molecule has 6 rings (SSSR count). The largest absolute Gasteiger partial charge is 0.508 e. The first-order chi connectivity index (χ1) is 19.7. The van der Waals surface area contributed by atoms with Crippen LogP contribution in [0.25, 0.3) is 33.7 Å². The molecule has 0 aliphatic heterocycles. The Balaban J connectivity index is 1.40. The molecule has 1 N–H and O–H groups in total. The molecular weight excluding hydrogens is 490 g/mol. The Morgan fingerprint density at radius 2 is 1.07 bits per heavy atom. The molecule has 4 nitrogen and oxygen atoms in total. The Labute approximate surface area is 232 Å². The quantitative estimate of drug-likeness (QED) is 0.184. The van der Waals surface area contributed by atoms with Crippen molar-refractivity contribution in [2.24, 2.45) is 0 Å². The summed E-state index contributed by atoms with van der Waals surface area (Å²) in [7, 11) is 0. The number of benzene rings is 6. The van der Waals surface area contributed by atoms with Gasteiger partial charge in [-0.15, -0.1) is 0 Å². The summed E-state index contributed by atoms with van der Waals surface area (Å²) in [4.78, 5) is 2.14. The van der Waals surface area contributed by atoms with Gasteiger partial charge >= 0.3 is 0 Å². The maximum Gasteiger partial charge on any atom is 0.115 e. The molecule has 0 amide bonds. The van der Waals surface area contributed by atoms with Gasteiger partial charge in [0.05, 0.1) is 11.1 Å². The highest BCUT2D eigenvalue weighted by molar-refractivity contribution is 6.16. The van der Waals surface area contributed by atoms with Crippen molar-refractivity contribution in [2.75, 3.05) is 4.90 Å². The molecule has 0 spiro atoms. The Morgan fingerprint density at radius 1 is 0.525 bits per heavy atom. The van der Waals surface area contributed by atoms with Crippen molar-refractivity contribution in [1.29, 1.82) is 10.5 Å². The third kappa shape index (κ3) is 4.41. The van der Waals surface area contributed by atoms with Gasteiger partial charge in [-0.1, -0.05) is 84.9 Å². The first kappa shape index (κ1) is 24.5. The number of phenolic OH excluding ortho intramolecular Hbond substituents is 1. The minimum absolute atomic E-state index is 0.226. The van der Waals surface area contributed by atoms with Crippen molar-refractivity contribution in [2.45, 2.75) is 0 Å². The fourth-order valence-corrected chi connectivity index (χ4v) is 5.19. The highest BCUT2D eigenvalue weighted by atomic mass is 16.3. The van der Waals surface area contributed by atoms with Crippen LogP contribution in [0.5, 0.6) is 5.75 Å². The number of nitriles is 2. The van der Waals surface area contributed by atoms with Crippen LogP contribution in [0.4, 0.5) is 17.1 Å². The number of hydrogen-bond acceptors (Lipinski definition) is 4. The van der Waals surface area contributed by atoms with Crippen LogP contribution >= 0.6 is 0 Å². The number of fused-ring (bicyclic) bond motifs is 3. The van der Waals surface area contributed by atoms with E-state index in [0.29, 0.717) is 11.1 Å². The van der Waals surface area contributed by atoms with Gasteiger partial charge in [-0.25, -0.2) is 0 Å². The molecule has 0 radical (unpaired) electrons. The second kappa shape index (κ2) is 10.5. The molecule has 6 aromatic rings. The van der Waals surface area contributed by atoms with E-state index in [-0.39, 0.29) is 5.75 Å². The van der Waals surface area contributed by atoms with Gasteiger partial charge in [0.2, 0.25) is 0 Å². The van der Waals surface area contributed by atoms with Crippen LogP contribution in [-0.2, 0) is 0 Å². The van der Waals surface area contributed by atoms with Crippen molar-refractivity contribution in [3.8, 4) is 17.9 Å². The van der Waals surface area contributed by atoms with Gasteiger partial charge in [-0.2, -0.15) is 10.5 Å². The van der Waals surface area contributed by atoms with Crippen LogP contribution in [0, 0.1) is 22.7 Å². The maximum absolute atomic E-state index is 9.92. The summed E-state index contributed by atoms with van der Waals surface area (Å²) in [6, 6.07) is 43.7. The smallest absolute Gasteiger partial charge is 0.115 e. The van der Waals surface area contributed by atoms with E-state index in [0.717, 1.165) is 49.7 Å². The fraction of sp³-hybridized carbons (Fsp3) is 0. The SMILES string of the molecule is N#Cc1c(C#N)c2cccc(C=Cc3ccc(N(c4ccccc4)c4ccc(O)cc4)cc3)c2c2ccccc12. The molecule has 0 heterocycles. The monoisotopic (exact) mass is 513 g/mol. The van der Waals surface area contributed by atoms with Crippen LogP contribution in [-0.4, -0.2) is 5.11 Å². The number of phenols is 1. The summed E-state index contributed by atoms with van der Waals surface area (Å²) in [6.45, 7) is 0. The number of anilines is 3. The summed E-state index contributed by atoms with van der Waals surface area (Å²) in [6.07, 6.45) is 4.12. The molecule has 0 aromatic heterocycles. The van der Waals surface area contributed by atoms with Gasteiger partial charge in [-0.05, 0) is 70.4 Å². The van der Waals surface area contributed by atoms with E-state index in [2.05, 4.69) is 65.6 Å². The predicted molar refractivity (Wildman–Crippen MR) is 163 cm³/mol. The Bertz CT molecular complexity index is 1960. The molecule has 4 heteroatoms. The van der Waals surface area contributed by atoms with Gasteiger partial charge in [-0.3, -0.25) is 0 Å². The van der Waals surface area contributed by atoms with Crippen LogP contribution in [0.1, 0.15) is 22.3 Å². The minimum atomic E-state index is 0.226. The van der Waals surface area contributed by atoms with Crippen molar-refractivity contribution in [3.63, 3.8) is 0 Å². The average Bonchev–Trinajstić information content (AvgIpc) is 3.01. The van der Waals surface area contributed by atoms with Crippen LogP contribution in [0.2, 0.25) is 0 Å². The third-order valence-corrected chi connectivity index (χ3v) is 7.03. The Kier molecular flexibility index (Phi) is 6.43. The zero-order valence-corrected chi connectivity index (χ0v) is 21.5. The number of nitrogens with zero attached hydrogens (tertiary/aromatic N) is 3. The van der Waals surface area contributed by atoms with E-state index in [1.165, 1.54) is 0 Å². The summed E-state index contributed by atoms with van der Waals surface area (Å²) in [5, 5.41) is 33.0. The van der Waals surface area contributed by atoms with Crippen molar-refractivity contribution < 1.29 is 5.11 Å². The number of rotatable bonds is 5. The van der Waals surface area contributed by atoms with Crippen molar-refractivity contribution >= 4 is 50.8 Å². The molecular formula is C36H23N3O. The maximum atomic E-state index is 9.92. The second-order valence-corrected chi connectivity index (χ2v) is 9.40. The number of hydrogen-bond donors (Lipinski definition) is 1. The van der Waals surface area contributed by atoms with E-state index < -0.39 is 0 Å². The molecule has 0 atom stereocenters. The highest BCUT2D eigenvalue weighted by Gasteiger charge is 2.16. The lowest BCUT2D eigenvalue weighted by molar-refractivity contribution is 0.475. The third-order valence-electron chi connectivity index (χ3n) is 7.03. The molecule has 40 heavy (non-hydrogen) atoms. The fourth-order valence-electron chi connectivity index (χ4n) is 5.19. The van der Waals surface area contributed by atoms with Crippen LogP contribution < -0.4 is 4.90 Å². The summed E-state index contributed by atoms with van der Waals surface area (Å²) in [5.41, 5.74) is 5.79. The zero-order chi connectivity index (χ0) is 27.5. The van der Waals surface area contributed by atoms with E-state index in [1.807, 2.05) is 72.8 Å². The van der Waals surface area contributed by atoms with E-state index >= 15 is 0 Å². The normalized spacial score (nSPS) is 10.9. The summed E-state index contributed by atoms with van der Waals surface area (Å²) in [5.74, 6) is 0.226. The predicted octanol–water partition coefficient (Wildman–Crippen LogP) is 9.08. The first-order valence-corrected chi connectivity index (χ1v) is 12.9. The van der Waals surface area contributed by atoms with E-state index in [9.17, 15) is 15.6 Å². The summed E-state index contributed by atoms with van der Waals surface area (Å²) < 4.78 is 0. The lowest BCUT2D eigenvalue weighted by Crippen LogP contribution is -2.09. The van der Waals surface area contributed by atoms with Gasteiger partial charge in [0.1, 0.15) is 17.9 Å². The van der Waals surface area contributed by atoms with E-state index in [4.69, 9.17) is 0 Å². The molecule has 6 aromatic carbocycles. The van der Waals surface area contributed by atoms with E-state index in [1.54, 1.807) is 12.1 Å². The number of para-hydroxylation sites is 1. The molecule has 0 aliphatic rings. The second-order valence-electron chi connectivity index (χ2n) is 9.40. The molecule has 0 aliphatic carbocycles. The minimum Gasteiger partial charge on any atom is -0.508 e. The highest BCUT2D eigenvalue weighted by Crippen LogP contribution is 2.37. The van der Waals surface area contributed by atoms with Crippen LogP contribution in [0.3, 0.4) is 0 Å². The first-order valence-electron chi connectivity index (χ1n) is 12.9. The molecule has 188 valence electrons. The van der Waals surface area contributed by atoms with Gasteiger partial charge in [0, 0.05) is 27.8 Å². The lowest BCUT2D eigenvalue weighted by Gasteiger charge is -2.25. The van der Waals surface area contributed by atoms with Crippen molar-refractivity contribution in [1.82, 2.24) is 0 Å². The molecule has 0 bridgehead atoms. The van der Waals surface area contributed by atoms with Gasteiger partial charge in [0.15, 0.2) is 0 Å².